The van der Waals surface area contributed by atoms with Crippen LogP contribution in [0, 0.1) is 0 Å². The molecule has 0 aliphatic rings. The molecule has 102 valence electrons. The Balaban J connectivity index is 2.13. The molecule has 0 saturated carbocycles. The van der Waals surface area contributed by atoms with Crippen LogP contribution in [0.2, 0.25) is 0 Å². The summed E-state index contributed by atoms with van der Waals surface area (Å²) in [7, 11) is 0. The third-order valence-electron chi connectivity index (χ3n) is 3.44. The van der Waals surface area contributed by atoms with Gasteiger partial charge in [-0.15, -0.1) is 0 Å². The van der Waals surface area contributed by atoms with Crippen LogP contribution >= 0.6 is 0 Å². The number of fused-ring (bicyclic) bond motifs is 1. The fourth-order valence-electron chi connectivity index (χ4n) is 2.29. The number of phenolic OH excluding ortho intramolecular Hbond substituents is 1. The molecule has 1 atom stereocenters. The monoisotopic (exact) mass is 259 g/mol. The smallest absolute Gasteiger partial charge is 0.120 e. The Labute approximate surface area is 113 Å². The first-order chi connectivity index (χ1) is 9.22. The second-order valence-corrected chi connectivity index (χ2v) is 4.93. The van der Waals surface area contributed by atoms with Crippen LogP contribution in [0.25, 0.3) is 10.8 Å². The molecule has 0 saturated heterocycles. The molecule has 19 heavy (non-hydrogen) atoms. The highest BCUT2D eigenvalue weighted by Crippen LogP contribution is 2.26. The van der Waals surface area contributed by atoms with Crippen molar-refractivity contribution in [2.45, 2.75) is 32.4 Å². The minimum absolute atomic E-state index is 0.228. The first-order valence-corrected chi connectivity index (χ1v) is 6.76. The molecule has 1 unspecified atom stereocenters. The number of aromatic hydroxyl groups is 1. The lowest BCUT2D eigenvalue weighted by molar-refractivity contribution is 0.276. The van der Waals surface area contributed by atoms with Crippen LogP contribution in [0.3, 0.4) is 0 Å². The van der Waals surface area contributed by atoms with E-state index in [1.165, 1.54) is 0 Å². The summed E-state index contributed by atoms with van der Waals surface area (Å²) in [6, 6.07) is 12.1. The van der Waals surface area contributed by atoms with Crippen molar-refractivity contribution in [3.63, 3.8) is 0 Å². The lowest BCUT2D eigenvalue weighted by atomic mass is 10.0. The lowest BCUT2D eigenvalue weighted by Crippen LogP contribution is -2.25. The maximum atomic E-state index is 10.0. The summed E-state index contributed by atoms with van der Waals surface area (Å²) in [4.78, 5) is 0. The first kappa shape index (κ1) is 13.8. The number of hydrogen-bond acceptors (Lipinski definition) is 3. The third-order valence-corrected chi connectivity index (χ3v) is 3.44. The zero-order valence-corrected chi connectivity index (χ0v) is 11.3. The second kappa shape index (κ2) is 6.55. The molecule has 2 aromatic rings. The second-order valence-electron chi connectivity index (χ2n) is 4.93. The highest BCUT2D eigenvalue weighted by Gasteiger charge is 2.08. The molecule has 0 spiro atoms. The van der Waals surface area contributed by atoms with Crippen LogP contribution in [0.5, 0.6) is 5.75 Å². The molecule has 3 nitrogen and oxygen atoms in total. The van der Waals surface area contributed by atoms with Crippen LogP contribution in [0.1, 0.15) is 25.3 Å². The van der Waals surface area contributed by atoms with Gasteiger partial charge in [-0.1, -0.05) is 30.3 Å². The summed E-state index contributed by atoms with van der Waals surface area (Å²) in [6.45, 7) is 2.96. The minimum atomic E-state index is 0.228. The van der Waals surface area contributed by atoms with E-state index >= 15 is 0 Å². The summed E-state index contributed by atoms with van der Waals surface area (Å²) >= 11 is 0. The quantitative estimate of drug-likeness (QED) is 0.747. The molecule has 3 N–H and O–H groups in total. The van der Waals surface area contributed by atoms with E-state index in [9.17, 15) is 5.11 Å². The Hall–Kier alpha value is -1.58. The number of aliphatic hydroxyl groups excluding tert-OH is 1. The van der Waals surface area contributed by atoms with Crippen molar-refractivity contribution in [1.82, 2.24) is 5.32 Å². The van der Waals surface area contributed by atoms with Gasteiger partial charge in [0.15, 0.2) is 0 Å². The summed E-state index contributed by atoms with van der Waals surface area (Å²) < 4.78 is 0. The van der Waals surface area contributed by atoms with E-state index in [1.807, 2.05) is 30.3 Å². The van der Waals surface area contributed by atoms with E-state index < -0.39 is 0 Å². The van der Waals surface area contributed by atoms with Crippen molar-refractivity contribution < 1.29 is 10.2 Å². The van der Waals surface area contributed by atoms with Crippen molar-refractivity contribution in [3.8, 4) is 5.75 Å². The van der Waals surface area contributed by atoms with Gasteiger partial charge in [0, 0.05) is 24.8 Å². The van der Waals surface area contributed by atoms with Crippen LogP contribution in [-0.4, -0.2) is 22.9 Å². The van der Waals surface area contributed by atoms with Crippen molar-refractivity contribution in [2.24, 2.45) is 0 Å². The van der Waals surface area contributed by atoms with E-state index in [0.717, 1.165) is 29.2 Å². The number of hydrogen-bond donors (Lipinski definition) is 3. The molecule has 2 aromatic carbocycles. The van der Waals surface area contributed by atoms with E-state index in [0.29, 0.717) is 18.3 Å². The molecule has 0 aromatic heterocycles. The van der Waals surface area contributed by atoms with Gasteiger partial charge in [-0.2, -0.15) is 0 Å². The van der Waals surface area contributed by atoms with Gasteiger partial charge >= 0.3 is 0 Å². The van der Waals surface area contributed by atoms with Crippen LogP contribution in [0.4, 0.5) is 0 Å². The molecule has 0 radical (unpaired) electrons. The SMILES string of the molecule is CC(CCCO)NCc1c(O)ccc2ccccc12. The van der Waals surface area contributed by atoms with Crippen molar-refractivity contribution in [3.05, 3.63) is 42.0 Å². The molecular formula is C16H21NO2. The highest BCUT2D eigenvalue weighted by molar-refractivity contribution is 5.87. The van der Waals surface area contributed by atoms with Gasteiger partial charge in [-0.25, -0.2) is 0 Å². The predicted molar refractivity (Wildman–Crippen MR) is 78.2 cm³/mol. The van der Waals surface area contributed by atoms with Crippen LogP contribution in [-0.2, 0) is 6.54 Å². The zero-order valence-electron chi connectivity index (χ0n) is 11.3. The van der Waals surface area contributed by atoms with Gasteiger partial charge in [-0.05, 0) is 36.6 Å². The largest absolute Gasteiger partial charge is 0.508 e. The van der Waals surface area contributed by atoms with Crippen molar-refractivity contribution in [2.75, 3.05) is 6.61 Å². The van der Waals surface area contributed by atoms with E-state index in [2.05, 4.69) is 12.2 Å². The van der Waals surface area contributed by atoms with Gasteiger partial charge in [0.2, 0.25) is 0 Å². The first-order valence-electron chi connectivity index (χ1n) is 6.76. The number of phenols is 1. The standard InChI is InChI=1S/C16H21NO2/c1-12(5-4-10-18)17-11-15-14-7-3-2-6-13(14)8-9-16(15)19/h2-3,6-9,12,17-19H,4-5,10-11H2,1H3. The molecule has 0 aliphatic heterocycles. The summed E-state index contributed by atoms with van der Waals surface area (Å²) in [5.41, 5.74) is 0.939. The molecule has 2 rings (SSSR count). The molecular weight excluding hydrogens is 238 g/mol. The fourth-order valence-corrected chi connectivity index (χ4v) is 2.29. The molecule has 0 heterocycles. The highest BCUT2D eigenvalue weighted by atomic mass is 16.3. The lowest BCUT2D eigenvalue weighted by Gasteiger charge is -2.15. The molecule has 0 fully saturated rings. The van der Waals surface area contributed by atoms with Crippen LogP contribution in [0.15, 0.2) is 36.4 Å². The summed E-state index contributed by atoms with van der Waals surface area (Å²) in [5, 5.41) is 24.5. The summed E-state index contributed by atoms with van der Waals surface area (Å²) in [6.07, 6.45) is 1.73. The minimum Gasteiger partial charge on any atom is -0.508 e. The Morgan fingerprint density at radius 3 is 2.74 bits per heavy atom. The Kier molecular flexibility index (Phi) is 4.77. The van der Waals surface area contributed by atoms with E-state index in [4.69, 9.17) is 5.11 Å². The van der Waals surface area contributed by atoms with Gasteiger partial charge in [0.25, 0.3) is 0 Å². The molecule has 0 bridgehead atoms. The normalized spacial score (nSPS) is 12.7. The van der Waals surface area contributed by atoms with Gasteiger partial charge < -0.3 is 15.5 Å². The molecule has 3 heteroatoms. The number of benzene rings is 2. The average Bonchev–Trinajstić information content (AvgIpc) is 2.44. The average molecular weight is 259 g/mol. The summed E-state index contributed by atoms with van der Waals surface area (Å²) in [5.74, 6) is 0.334. The van der Waals surface area contributed by atoms with Crippen LogP contribution < -0.4 is 5.32 Å². The maximum Gasteiger partial charge on any atom is 0.120 e. The Bertz CT molecular complexity index is 539. The van der Waals surface area contributed by atoms with Crippen molar-refractivity contribution >= 4 is 10.8 Å². The third kappa shape index (κ3) is 3.46. The Morgan fingerprint density at radius 2 is 1.95 bits per heavy atom. The number of nitrogens with one attached hydrogen (secondary N) is 1. The predicted octanol–water partition coefficient (Wildman–Crippen LogP) is 2.80. The molecule has 0 amide bonds. The van der Waals surface area contributed by atoms with E-state index in [1.54, 1.807) is 6.07 Å². The van der Waals surface area contributed by atoms with Gasteiger partial charge in [0.05, 0.1) is 0 Å². The number of rotatable bonds is 6. The van der Waals surface area contributed by atoms with E-state index in [-0.39, 0.29) is 6.61 Å². The number of aliphatic hydroxyl groups is 1. The van der Waals surface area contributed by atoms with Gasteiger partial charge in [0.1, 0.15) is 5.75 Å². The maximum absolute atomic E-state index is 10.0. The topological polar surface area (TPSA) is 52.5 Å². The Morgan fingerprint density at radius 1 is 1.16 bits per heavy atom. The van der Waals surface area contributed by atoms with Crippen molar-refractivity contribution in [1.29, 1.82) is 0 Å². The zero-order chi connectivity index (χ0) is 13.7. The van der Waals surface area contributed by atoms with Gasteiger partial charge in [-0.3, -0.25) is 0 Å². The molecule has 0 aliphatic carbocycles. The fraction of sp³-hybridized carbons (Fsp3) is 0.375.